The molecule has 0 spiro atoms. The molecule has 0 saturated carbocycles. The predicted molar refractivity (Wildman–Crippen MR) is 185 cm³/mol. The van der Waals surface area contributed by atoms with Crippen LogP contribution in [0.4, 0.5) is 5.69 Å². The number of carbonyl (C=O) groups is 2. The van der Waals surface area contributed by atoms with Crippen LogP contribution >= 0.6 is 15.9 Å². The highest BCUT2D eigenvalue weighted by Crippen LogP contribution is 2.26. The summed E-state index contributed by atoms with van der Waals surface area (Å²) < 4.78 is 35.8. The summed E-state index contributed by atoms with van der Waals surface area (Å²) in [6, 6.07) is 30.6. The third-order valence-corrected chi connectivity index (χ3v) is 9.84. The molecule has 2 atom stereocenters. The van der Waals surface area contributed by atoms with Crippen LogP contribution < -0.4 is 14.4 Å². The lowest BCUT2D eigenvalue weighted by Gasteiger charge is -2.34. The van der Waals surface area contributed by atoms with E-state index < -0.39 is 28.5 Å². The highest BCUT2D eigenvalue weighted by Gasteiger charge is 2.35. The Morgan fingerprint density at radius 2 is 1.48 bits per heavy atom. The van der Waals surface area contributed by atoms with E-state index in [0.29, 0.717) is 24.5 Å². The summed E-state index contributed by atoms with van der Waals surface area (Å²) in [6.07, 6.45) is 0.964. The maximum absolute atomic E-state index is 14.5. The summed E-state index contributed by atoms with van der Waals surface area (Å²) in [5, 5.41) is 3.05. The van der Waals surface area contributed by atoms with Crippen molar-refractivity contribution in [1.29, 1.82) is 0 Å². The maximum Gasteiger partial charge on any atom is 0.264 e. The Kier molecular flexibility index (Phi) is 12.4. The Morgan fingerprint density at radius 3 is 2.09 bits per heavy atom. The summed E-state index contributed by atoms with van der Waals surface area (Å²) >= 11 is 3.51. The first-order valence-corrected chi connectivity index (χ1v) is 17.5. The summed E-state index contributed by atoms with van der Waals surface area (Å²) in [7, 11) is -4.20. The number of nitrogens with one attached hydrogen (secondary N) is 1. The molecule has 4 aromatic rings. The SMILES string of the molecule is CCOc1ccc(S(=O)(=O)N(CC(=O)N(Cc2cccc(Br)c2)[C@H](Cc2ccccc2)C(=O)N[C@@H](C)CC)c2ccccc2)cc1. The second-order valence-corrected chi connectivity index (χ2v) is 13.7. The second kappa shape index (κ2) is 16.4. The van der Waals surface area contributed by atoms with Gasteiger partial charge in [-0.05, 0) is 79.9 Å². The van der Waals surface area contributed by atoms with Crippen molar-refractivity contribution < 1.29 is 22.7 Å². The van der Waals surface area contributed by atoms with Gasteiger partial charge in [0.05, 0.1) is 17.2 Å². The van der Waals surface area contributed by atoms with Crippen LogP contribution in [-0.4, -0.2) is 50.4 Å². The van der Waals surface area contributed by atoms with Crippen LogP contribution in [0.1, 0.15) is 38.3 Å². The number of benzene rings is 4. The fourth-order valence-electron chi connectivity index (χ4n) is 4.95. The van der Waals surface area contributed by atoms with Crippen LogP contribution in [0.25, 0.3) is 0 Å². The number of sulfonamides is 1. The first-order valence-electron chi connectivity index (χ1n) is 15.3. The molecule has 0 fully saturated rings. The minimum atomic E-state index is -4.20. The van der Waals surface area contributed by atoms with Gasteiger partial charge >= 0.3 is 0 Å². The van der Waals surface area contributed by atoms with Crippen LogP contribution in [0.3, 0.4) is 0 Å². The zero-order chi connectivity index (χ0) is 33.1. The van der Waals surface area contributed by atoms with Crippen LogP contribution in [0.5, 0.6) is 5.75 Å². The van der Waals surface area contributed by atoms with Gasteiger partial charge in [0.15, 0.2) is 0 Å². The molecule has 4 aromatic carbocycles. The minimum absolute atomic E-state index is 0.0153. The van der Waals surface area contributed by atoms with Gasteiger partial charge in [0, 0.05) is 23.5 Å². The number of nitrogens with zero attached hydrogens (tertiary/aromatic N) is 2. The highest BCUT2D eigenvalue weighted by atomic mass is 79.9. The molecular weight excluding hydrogens is 666 g/mol. The van der Waals surface area contributed by atoms with Crippen LogP contribution in [0.2, 0.25) is 0 Å². The first-order chi connectivity index (χ1) is 22.1. The topological polar surface area (TPSA) is 96.0 Å². The van der Waals surface area contributed by atoms with E-state index in [2.05, 4.69) is 21.2 Å². The second-order valence-electron chi connectivity index (χ2n) is 10.9. The number of halogens is 1. The molecule has 0 aliphatic rings. The van der Waals surface area contributed by atoms with Gasteiger partial charge in [0.1, 0.15) is 18.3 Å². The van der Waals surface area contributed by atoms with Crippen molar-refractivity contribution in [2.24, 2.45) is 0 Å². The molecule has 4 rings (SSSR count). The molecule has 0 unspecified atom stereocenters. The Morgan fingerprint density at radius 1 is 0.848 bits per heavy atom. The predicted octanol–water partition coefficient (Wildman–Crippen LogP) is 6.60. The van der Waals surface area contributed by atoms with Gasteiger partial charge in [0.25, 0.3) is 10.0 Å². The fourth-order valence-corrected chi connectivity index (χ4v) is 6.81. The summed E-state index contributed by atoms with van der Waals surface area (Å²) in [6.45, 7) is 5.76. The molecule has 242 valence electrons. The van der Waals surface area contributed by atoms with Gasteiger partial charge in [-0.1, -0.05) is 83.5 Å². The lowest BCUT2D eigenvalue weighted by Crippen LogP contribution is -2.54. The summed E-state index contributed by atoms with van der Waals surface area (Å²) in [5.74, 6) is -0.277. The van der Waals surface area contributed by atoms with Crippen molar-refractivity contribution in [3.8, 4) is 5.75 Å². The number of para-hydroxylation sites is 1. The first kappa shape index (κ1) is 34.7. The number of rotatable bonds is 15. The lowest BCUT2D eigenvalue weighted by atomic mass is 10.0. The van der Waals surface area contributed by atoms with Crippen LogP contribution in [-0.2, 0) is 32.6 Å². The molecule has 0 aliphatic heterocycles. The molecule has 0 bridgehead atoms. The fraction of sp³-hybridized carbons (Fsp3) is 0.278. The van der Waals surface area contributed by atoms with E-state index in [1.165, 1.54) is 17.0 Å². The van der Waals surface area contributed by atoms with Gasteiger partial charge in [-0.3, -0.25) is 13.9 Å². The van der Waals surface area contributed by atoms with E-state index in [1.807, 2.05) is 75.4 Å². The molecule has 10 heteroatoms. The van der Waals surface area contributed by atoms with E-state index in [4.69, 9.17) is 4.74 Å². The smallest absolute Gasteiger partial charge is 0.264 e. The van der Waals surface area contributed by atoms with E-state index in [-0.39, 0.29) is 29.8 Å². The van der Waals surface area contributed by atoms with E-state index in [0.717, 1.165) is 19.9 Å². The van der Waals surface area contributed by atoms with Gasteiger partial charge < -0.3 is 15.0 Å². The normalized spacial score (nSPS) is 12.5. The van der Waals surface area contributed by atoms with Crippen LogP contribution in [0.15, 0.2) is 119 Å². The van der Waals surface area contributed by atoms with Crippen molar-refractivity contribution in [1.82, 2.24) is 10.2 Å². The number of carbonyl (C=O) groups excluding carboxylic acids is 2. The summed E-state index contributed by atoms with van der Waals surface area (Å²) in [5.41, 5.74) is 1.99. The molecule has 0 aliphatic carbocycles. The number of anilines is 1. The van der Waals surface area contributed by atoms with Gasteiger partial charge in [-0.25, -0.2) is 8.42 Å². The average molecular weight is 707 g/mol. The molecule has 0 aromatic heterocycles. The maximum atomic E-state index is 14.5. The van der Waals surface area contributed by atoms with Crippen molar-refractivity contribution in [2.75, 3.05) is 17.5 Å². The number of ether oxygens (including phenoxy) is 1. The van der Waals surface area contributed by atoms with Crippen molar-refractivity contribution in [3.05, 3.63) is 125 Å². The third kappa shape index (κ3) is 9.20. The van der Waals surface area contributed by atoms with E-state index >= 15 is 0 Å². The number of amides is 2. The number of hydrogen-bond acceptors (Lipinski definition) is 5. The molecule has 0 radical (unpaired) electrons. The zero-order valence-corrected chi connectivity index (χ0v) is 28.7. The molecule has 0 saturated heterocycles. The van der Waals surface area contributed by atoms with Crippen molar-refractivity contribution >= 4 is 43.5 Å². The zero-order valence-electron chi connectivity index (χ0n) is 26.3. The molecule has 46 heavy (non-hydrogen) atoms. The minimum Gasteiger partial charge on any atom is -0.494 e. The highest BCUT2D eigenvalue weighted by molar-refractivity contribution is 9.10. The summed E-state index contributed by atoms with van der Waals surface area (Å²) in [4.78, 5) is 30.0. The quantitative estimate of drug-likeness (QED) is 0.150. The van der Waals surface area contributed by atoms with Crippen molar-refractivity contribution in [3.63, 3.8) is 0 Å². The lowest BCUT2D eigenvalue weighted by molar-refractivity contribution is -0.140. The largest absolute Gasteiger partial charge is 0.494 e. The van der Waals surface area contributed by atoms with E-state index in [9.17, 15) is 18.0 Å². The Labute approximate surface area is 280 Å². The monoisotopic (exact) mass is 705 g/mol. The van der Waals surface area contributed by atoms with Crippen molar-refractivity contribution in [2.45, 2.75) is 57.1 Å². The standard InChI is InChI=1S/C36H40BrN3O5S/c1-4-27(3)38-36(42)34(24-28-13-8-6-9-14-28)39(25-29-15-12-16-30(37)23-29)35(41)26-40(31-17-10-7-11-18-31)46(43,44)33-21-19-32(20-22-33)45-5-2/h6-23,27,34H,4-5,24-26H2,1-3H3,(H,38,42)/t27-,34+/m0/s1. The number of hydrogen-bond donors (Lipinski definition) is 1. The van der Waals surface area contributed by atoms with Crippen LogP contribution in [0, 0.1) is 0 Å². The molecule has 2 amide bonds. The average Bonchev–Trinajstić information content (AvgIpc) is 3.06. The Hall–Kier alpha value is -4.15. The molecule has 0 heterocycles. The molecule has 1 N–H and O–H groups in total. The third-order valence-electron chi connectivity index (χ3n) is 7.56. The Bertz CT molecular complexity index is 1690. The van der Waals surface area contributed by atoms with Gasteiger partial charge in [0.2, 0.25) is 11.8 Å². The van der Waals surface area contributed by atoms with Gasteiger partial charge in [-0.2, -0.15) is 0 Å². The molecule has 8 nitrogen and oxygen atoms in total. The van der Waals surface area contributed by atoms with Gasteiger partial charge in [-0.15, -0.1) is 0 Å². The van der Waals surface area contributed by atoms with E-state index in [1.54, 1.807) is 42.5 Å². The molecular formula is C36H40BrN3O5S. The Balaban J connectivity index is 1.78.